The molecule has 4 nitrogen and oxygen atoms in total. The van der Waals surface area contributed by atoms with Gasteiger partial charge < -0.3 is 10.2 Å². The van der Waals surface area contributed by atoms with Crippen molar-refractivity contribution in [3.05, 3.63) is 35.9 Å². The number of anilines is 2. The number of rotatable bonds is 4. The molecule has 2 aromatic carbocycles. The van der Waals surface area contributed by atoms with E-state index in [1.165, 1.54) is 0 Å². The number of carbonyl (C=O) groups excluding carboxylic acids is 2. The van der Waals surface area contributed by atoms with E-state index in [0.717, 1.165) is 34.1 Å². The summed E-state index contributed by atoms with van der Waals surface area (Å²) >= 11 is 0. The van der Waals surface area contributed by atoms with E-state index in [0.29, 0.717) is 13.0 Å². The molecule has 0 atom stereocenters. The average molecular weight is 282 g/mol. The van der Waals surface area contributed by atoms with Gasteiger partial charge in [0.1, 0.15) is 0 Å². The van der Waals surface area contributed by atoms with Crippen LogP contribution in [0.25, 0.3) is 10.8 Å². The Kier molecular flexibility index (Phi) is 3.37. The van der Waals surface area contributed by atoms with Crippen LogP contribution in [0.4, 0.5) is 11.4 Å². The number of benzene rings is 2. The molecule has 0 aliphatic carbocycles. The van der Waals surface area contributed by atoms with Crippen LogP contribution in [-0.2, 0) is 4.79 Å². The van der Waals surface area contributed by atoms with Gasteiger partial charge >= 0.3 is 0 Å². The number of nitrogens with zero attached hydrogens (tertiary/aromatic N) is 1. The van der Waals surface area contributed by atoms with Crippen molar-refractivity contribution in [1.29, 1.82) is 0 Å². The summed E-state index contributed by atoms with van der Waals surface area (Å²) in [5.74, 6) is 0.0463. The fraction of sp³-hybridized carbons (Fsp3) is 0.294. The summed E-state index contributed by atoms with van der Waals surface area (Å²) in [5, 5.41) is 4.82. The average Bonchev–Trinajstić information content (AvgIpc) is 2.76. The van der Waals surface area contributed by atoms with E-state index in [9.17, 15) is 9.59 Å². The highest BCUT2D eigenvalue weighted by molar-refractivity contribution is 6.27. The minimum absolute atomic E-state index is 0.00914. The van der Waals surface area contributed by atoms with Crippen molar-refractivity contribution in [2.24, 2.45) is 0 Å². The largest absolute Gasteiger partial charge is 0.326 e. The lowest BCUT2D eigenvalue weighted by atomic mass is 10.0. The minimum atomic E-state index is 0.00914. The van der Waals surface area contributed by atoms with Crippen molar-refractivity contribution in [2.45, 2.75) is 26.7 Å². The number of hydrogen-bond acceptors (Lipinski definition) is 2. The van der Waals surface area contributed by atoms with Gasteiger partial charge in [-0.05, 0) is 31.5 Å². The smallest absolute Gasteiger partial charge is 0.258 e. The molecule has 2 amide bonds. The zero-order valence-electron chi connectivity index (χ0n) is 12.3. The van der Waals surface area contributed by atoms with Gasteiger partial charge in [-0.15, -0.1) is 0 Å². The van der Waals surface area contributed by atoms with Crippen LogP contribution in [0.2, 0.25) is 0 Å². The molecule has 1 N–H and O–H groups in total. The van der Waals surface area contributed by atoms with Crippen LogP contribution in [-0.4, -0.2) is 18.4 Å². The Hall–Kier alpha value is -2.36. The van der Waals surface area contributed by atoms with Gasteiger partial charge in [-0.2, -0.15) is 0 Å². The zero-order chi connectivity index (χ0) is 15.0. The molecule has 2 aromatic rings. The molecule has 108 valence electrons. The van der Waals surface area contributed by atoms with Gasteiger partial charge in [0.15, 0.2) is 0 Å². The molecule has 0 saturated heterocycles. The van der Waals surface area contributed by atoms with E-state index in [-0.39, 0.29) is 11.8 Å². The summed E-state index contributed by atoms with van der Waals surface area (Å²) in [6.07, 6.45) is 1.32. The molecule has 1 aliphatic heterocycles. The third-order valence-electron chi connectivity index (χ3n) is 3.85. The first kappa shape index (κ1) is 13.6. The second-order valence-electron chi connectivity index (χ2n) is 5.21. The Morgan fingerprint density at radius 3 is 2.71 bits per heavy atom. The molecule has 3 rings (SSSR count). The van der Waals surface area contributed by atoms with Crippen LogP contribution in [0.5, 0.6) is 0 Å². The van der Waals surface area contributed by atoms with E-state index in [1.807, 2.05) is 44.2 Å². The predicted octanol–water partition coefficient (Wildman–Crippen LogP) is 3.56. The minimum Gasteiger partial charge on any atom is -0.326 e. The predicted molar refractivity (Wildman–Crippen MR) is 84.8 cm³/mol. The Bertz CT molecular complexity index is 737. The molecular formula is C17H18N2O2. The zero-order valence-corrected chi connectivity index (χ0v) is 12.3. The summed E-state index contributed by atoms with van der Waals surface area (Å²) in [7, 11) is 0. The summed E-state index contributed by atoms with van der Waals surface area (Å²) in [4.78, 5) is 26.0. The first-order valence-electron chi connectivity index (χ1n) is 7.34. The maximum absolute atomic E-state index is 12.4. The van der Waals surface area contributed by atoms with Crippen molar-refractivity contribution in [2.75, 3.05) is 16.8 Å². The second-order valence-corrected chi connectivity index (χ2v) is 5.21. The van der Waals surface area contributed by atoms with E-state index in [2.05, 4.69) is 5.32 Å². The fourth-order valence-electron chi connectivity index (χ4n) is 2.91. The summed E-state index contributed by atoms with van der Waals surface area (Å²) < 4.78 is 0. The fourth-order valence-corrected chi connectivity index (χ4v) is 2.91. The molecule has 0 radical (unpaired) electrons. The van der Waals surface area contributed by atoms with Crippen molar-refractivity contribution >= 4 is 34.0 Å². The maximum Gasteiger partial charge on any atom is 0.258 e. The van der Waals surface area contributed by atoms with Gasteiger partial charge in [0.05, 0.1) is 5.69 Å². The number of hydrogen-bond donors (Lipinski definition) is 1. The van der Waals surface area contributed by atoms with Gasteiger partial charge in [-0.1, -0.05) is 19.1 Å². The van der Waals surface area contributed by atoms with Crippen LogP contribution < -0.4 is 10.2 Å². The third-order valence-corrected chi connectivity index (χ3v) is 3.85. The van der Waals surface area contributed by atoms with E-state index >= 15 is 0 Å². The van der Waals surface area contributed by atoms with Gasteiger partial charge in [-0.25, -0.2) is 0 Å². The Labute approximate surface area is 123 Å². The monoisotopic (exact) mass is 282 g/mol. The molecular weight excluding hydrogens is 264 g/mol. The molecule has 0 aromatic heterocycles. The van der Waals surface area contributed by atoms with Crippen LogP contribution in [0.15, 0.2) is 30.3 Å². The van der Waals surface area contributed by atoms with E-state index in [1.54, 1.807) is 4.90 Å². The van der Waals surface area contributed by atoms with Gasteiger partial charge in [-0.3, -0.25) is 9.59 Å². The highest BCUT2D eigenvalue weighted by Gasteiger charge is 2.29. The SMILES string of the molecule is CCCC(=O)Nc1ccc2c3c(cccc13)C(=O)N2CC. The van der Waals surface area contributed by atoms with Crippen molar-refractivity contribution in [3.63, 3.8) is 0 Å². The first-order chi connectivity index (χ1) is 10.2. The highest BCUT2D eigenvalue weighted by atomic mass is 16.2. The summed E-state index contributed by atoms with van der Waals surface area (Å²) in [6.45, 7) is 4.58. The molecule has 21 heavy (non-hydrogen) atoms. The Morgan fingerprint density at radius 2 is 2.00 bits per heavy atom. The molecule has 4 heteroatoms. The van der Waals surface area contributed by atoms with Gasteiger partial charge in [0, 0.05) is 35.0 Å². The maximum atomic E-state index is 12.4. The van der Waals surface area contributed by atoms with Crippen molar-refractivity contribution in [3.8, 4) is 0 Å². The van der Waals surface area contributed by atoms with Gasteiger partial charge in [0.25, 0.3) is 5.91 Å². The molecule has 0 bridgehead atoms. The lowest BCUT2D eigenvalue weighted by Gasteiger charge is -2.15. The standard InChI is InChI=1S/C17H18N2O2/c1-3-6-15(20)18-13-9-10-14-16-11(13)7-5-8-12(16)17(21)19(14)4-2/h5,7-10H,3-4,6H2,1-2H3,(H,18,20). The lowest BCUT2D eigenvalue weighted by Crippen LogP contribution is -2.25. The Balaban J connectivity index is 2.13. The van der Waals surface area contributed by atoms with Crippen molar-refractivity contribution in [1.82, 2.24) is 0 Å². The molecule has 0 unspecified atom stereocenters. The van der Waals surface area contributed by atoms with Crippen molar-refractivity contribution < 1.29 is 9.59 Å². The van der Waals surface area contributed by atoms with Crippen LogP contribution in [0.1, 0.15) is 37.0 Å². The number of carbonyl (C=O) groups is 2. The molecule has 0 saturated carbocycles. The first-order valence-corrected chi connectivity index (χ1v) is 7.34. The molecule has 0 fully saturated rings. The molecule has 1 aliphatic rings. The number of amides is 2. The van der Waals surface area contributed by atoms with Crippen LogP contribution in [0.3, 0.4) is 0 Å². The summed E-state index contributed by atoms with van der Waals surface area (Å²) in [5.41, 5.74) is 2.43. The lowest BCUT2D eigenvalue weighted by molar-refractivity contribution is -0.116. The second kappa shape index (κ2) is 5.20. The van der Waals surface area contributed by atoms with Crippen LogP contribution >= 0.6 is 0 Å². The quantitative estimate of drug-likeness (QED) is 0.932. The van der Waals surface area contributed by atoms with Gasteiger partial charge in [0.2, 0.25) is 5.91 Å². The van der Waals surface area contributed by atoms with E-state index in [4.69, 9.17) is 0 Å². The molecule has 1 heterocycles. The van der Waals surface area contributed by atoms with E-state index < -0.39 is 0 Å². The highest BCUT2D eigenvalue weighted by Crippen LogP contribution is 2.40. The normalized spacial score (nSPS) is 13.0. The third kappa shape index (κ3) is 2.07. The topological polar surface area (TPSA) is 49.4 Å². The molecule has 0 spiro atoms. The number of nitrogens with one attached hydrogen (secondary N) is 1. The van der Waals surface area contributed by atoms with Crippen LogP contribution in [0, 0.1) is 0 Å². The Morgan fingerprint density at radius 1 is 1.19 bits per heavy atom. The summed E-state index contributed by atoms with van der Waals surface area (Å²) in [6, 6.07) is 9.48.